The number of hydrogen-bond donors (Lipinski definition) is 3. The molecule has 6 heteroatoms. The molecule has 0 aliphatic rings. The molecule has 0 atom stereocenters. The largest absolute Gasteiger partial charge is 0.478 e. The highest BCUT2D eigenvalue weighted by molar-refractivity contribution is 5.79. The molecule has 0 unspecified atom stereocenters. The number of ether oxygens (including phenoxy) is 1. The number of allylic oxidation sites excluding steroid dienone is 3. The first kappa shape index (κ1) is 45.5. The molecule has 0 aromatic carbocycles. The summed E-state index contributed by atoms with van der Waals surface area (Å²) >= 11 is 0. The summed E-state index contributed by atoms with van der Waals surface area (Å²) < 4.78 is 4.92. The fourth-order valence-corrected chi connectivity index (χ4v) is 5.18. The van der Waals surface area contributed by atoms with Gasteiger partial charge in [0.2, 0.25) is 0 Å². The van der Waals surface area contributed by atoms with Gasteiger partial charge in [-0.15, -0.1) is 0 Å². The van der Waals surface area contributed by atoms with Crippen molar-refractivity contribution in [2.24, 2.45) is 0 Å². The van der Waals surface area contributed by atoms with Crippen molar-refractivity contribution in [2.75, 3.05) is 13.2 Å². The first-order valence-electron chi connectivity index (χ1n) is 19.0. The third-order valence-electron chi connectivity index (χ3n) is 8.08. The summed E-state index contributed by atoms with van der Waals surface area (Å²) in [6.45, 7) is 3.87. The fourth-order valence-electron chi connectivity index (χ4n) is 5.18. The zero-order valence-corrected chi connectivity index (χ0v) is 29.7. The lowest BCUT2D eigenvalue weighted by atomic mass is 10.0. The number of unbranched alkanes of at least 4 members (excludes halogenated alkanes) is 24. The summed E-state index contributed by atoms with van der Waals surface area (Å²) in [7, 11) is 0. The molecule has 0 saturated heterocycles. The summed E-state index contributed by atoms with van der Waals surface area (Å²) in [6.07, 6.45) is 41.7. The number of carbonyl (C=O) groups excluding carboxylic acids is 1. The van der Waals surface area contributed by atoms with Crippen LogP contribution in [0, 0.1) is 0 Å². The first-order valence-corrected chi connectivity index (χ1v) is 19.0. The molecule has 0 rings (SSSR count). The van der Waals surface area contributed by atoms with Crippen LogP contribution in [0.5, 0.6) is 0 Å². The Balaban J connectivity index is 0. The van der Waals surface area contributed by atoms with Gasteiger partial charge in [0.15, 0.2) is 0 Å². The van der Waals surface area contributed by atoms with Crippen LogP contribution in [0.1, 0.15) is 194 Å². The first-order chi connectivity index (χ1) is 22.0. The predicted molar refractivity (Wildman–Crippen MR) is 191 cm³/mol. The van der Waals surface area contributed by atoms with Crippen LogP contribution in [0.25, 0.3) is 0 Å². The van der Waals surface area contributed by atoms with Gasteiger partial charge in [0.25, 0.3) is 0 Å². The summed E-state index contributed by atoms with van der Waals surface area (Å²) in [6, 6.07) is 0. The highest BCUT2D eigenvalue weighted by Crippen LogP contribution is 2.13. The van der Waals surface area contributed by atoms with Crippen LogP contribution in [0.4, 0.5) is 0 Å². The maximum atomic E-state index is 11.5. The van der Waals surface area contributed by atoms with Crippen molar-refractivity contribution in [3.05, 3.63) is 24.3 Å². The van der Waals surface area contributed by atoms with E-state index in [9.17, 15) is 9.59 Å². The van der Waals surface area contributed by atoms with E-state index in [1.165, 1.54) is 141 Å². The van der Waals surface area contributed by atoms with E-state index >= 15 is 0 Å². The maximum absolute atomic E-state index is 11.5. The summed E-state index contributed by atoms with van der Waals surface area (Å²) in [4.78, 5) is 21.7. The molecular weight excluding hydrogens is 564 g/mol. The van der Waals surface area contributed by atoms with E-state index < -0.39 is 12.1 Å². The molecule has 0 spiro atoms. The molecule has 0 aliphatic carbocycles. The van der Waals surface area contributed by atoms with Crippen molar-refractivity contribution in [3.8, 4) is 0 Å². The monoisotopic (exact) mass is 639 g/mol. The third kappa shape index (κ3) is 42.3. The highest BCUT2D eigenvalue weighted by atomic mass is 16.6. The maximum Gasteiger partial charge on any atom is 0.327 e. The van der Waals surface area contributed by atoms with E-state index in [1.807, 2.05) is 0 Å². The van der Waals surface area contributed by atoms with Gasteiger partial charge in [-0.3, -0.25) is 4.79 Å². The van der Waals surface area contributed by atoms with E-state index in [4.69, 9.17) is 20.1 Å². The Morgan fingerprint density at radius 1 is 0.511 bits per heavy atom. The summed E-state index contributed by atoms with van der Waals surface area (Å²) in [5, 5.41) is 26.1. The molecule has 0 aromatic rings. The Hall–Kier alpha value is -1.66. The quantitative estimate of drug-likeness (QED) is 0.0286. The van der Waals surface area contributed by atoms with E-state index in [0.717, 1.165) is 38.5 Å². The van der Waals surface area contributed by atoms with Gasteiger partial charge in [-0.25, -0.2) is 4.79 Å². The molecular formula is C39H74O6. The number of aliphatic hydroxyl groups excluding tert-OH is 2. The van der Waals surface area contributed by atoms with Crippen LogP contribution in [0.2, 0.25) is 0 Å². The predicted octanol–water partition coefficient (Wildman–Crippen LogP) is 11.0. The van der Waals surface area contributed by atoms with Gasteiger partial charge in [0.1, 0.15) is 6.10 Å². The molecule has 0 aromatic heterocycles. The topological polar surface area (TPSA) is 104 Å². The molecule has 0 bridgehead atoms. The van der Waals surface area contributed by atoms with Gasteiger partial charge >= 0.3 is 11.9 Å². The number of carboxylic acid groups (broad SMARTS) is 1. The molecule has 0 radical (unpaired) electrons. The molecule has 6 nitrogen and oxygen atoms in total. The number of aliphatic hydroxyl groups is 2. The van der Waals surface area contributed by atoms with Crippen LogP contribution in [-0.2, 0) is 14.3 Å². The molecule has 0 saturated carbocycles. The number of esters is 1. The van der Waals surface area contributed by atoms with Gasteiger partial charge < -0.3 is 20.1 Å². The Bertz CT molecular complexity index is 656. The zero-order valence-electron chi connectivity index (χ0n) is 29.7. The van der Waals surface area contributed by atoms with E-state index in [2.05, 4.69) is 26.0 Å². The Morgan fingerprint density at radius 2 is 0.844 bits per heavy atom. The minimum atomic E-state index is -0.834. The van der Waals surface area contributed by atoms with Crippen molar-refractivity contribution in [2.45, 2.75) is 200 Å². The standard InChI is InChI=1S/C21H40O4.C18H34O2/c1-2-3-4-5-6-7-8-9-10-11-12-13-14-15-16-17-21(24)25-20(18-22)19-23;1-2-3-4-5-6-7-8-9-10-11-12-13-14-15-16-17-18(19)20/h9-10,20,22-23H,2-8,11-19H2,1H3;16-17H,2-15H2,1H3,(H,19,20)/b10-9-;. The summed E-state index contributed by atoms with van der Waals surface area (Å²) in [5.41, 5.74) is 0. The molecule has 3 N–H and O–H groups in total. The van der Waals surface area contributed by atoms with Crippen molar-refractivity contribution in [1.82, 2.24) is 0 Å². The van der Waals surface area contributed by atoms with E-state index in [-0.39, 0.29) is 19.2 Å². The van der Waals surface area contributed by atoms with Crippen LogP contribution < -0.4 is 0 Å². The van der Waals surface area contributed by atoms with Crippen molar-refractivity contribution < 1.29 is 29.6 Å². The number of rotatable bonds is 33. The second-order valence-electron chi connectivity index (χ2n) is 12.6. The number of aliphatic carboxylic acids is 1. The average Bonchev–Trinajstić information content (AvgIpc) is 3.03. The zero-order chi connectivity index (χ0) is 33.5. The second-order valence-corrected chi connectivity index (χ2v) is 12.6. The molecule has 0 amide bonds. The molecule has 266 valence electrons. The molecule has 0 heterocycles. The van der Waals surface area contributed by atoms with Gasteiger partial charge in [0, 0.05) is 12.5 Å². The van der Waals surface area contributed by atoms with Crippen LogP contribution in [0.3, 0.4) is 0 Å². The van der Waals surface area contributed by atoms with Crippen molar-refractivity contribution in [3.63, 3.8) is 0 Å². The number of carboxylic acids is 1. The number of carbonyl (C=O) groups is 2. The van der Waals surface area contributed by atoms with Gasteiger partial charge in [0.05, 0.1) is 13.2 Å². The summed E-state index contributed by atoms with van der Waals surface area (Å²) in [5.74, 6) is -1.16. The van der Waals surface area contributed by atoms with Crippen LogP contribution in [-0.4, -0.2) is 46.6 Å². The van der Waals surface area contributed by atoms with E-state index in [1.54, 1.807) is 6.08 Å². The lowest BCUT2D eigenvalue weighted by Gasteiger charge is -2.12. The number of hydrogen-bond acceptors (Lipinski definition) is 5. The lowest BCUT2D eigenvalue weighted by molar-refractivity contribution is -0.153. The Labute approximate surface area is 278 Å². The van der Waals surface area contributed by atoms with Crippen molar-refractivity contribution >= 4 is 11.9 Å². The van der Waals surface area contributed by atoms with Gasteiger partial charge in [-0.2, -0.15) is 0 Å². The molecule has 0 aliphatic heterocycles. The van der Waals surface area contributed by atoms with Crippen LogP contribution >= 0.6 is 0 Å². The van der Waals surface area contributed by atoms with Gasteiger partial charge in [-0.05, 0) is 44.9 Å². The second kappa shape index (κ2) is 40.4. The SMILES string of the molecule is CCCCCCCC/C=C\CCCCCCCC(=O)OC(CO)CO.CCCCCCCCCCCCCCCC=CC(=O)O. The minimum Gasteiger partial charge on any atom is -0.478 e. The fraction of sp³-hybridized carbons (Fsp3) is 0.846. The van der Waals surface area contributed by atoms with Crippen molar-refractivity contribution in [1.29, 1.82) is 0 Å². The average molecular weight is 639 g/mol. The Kier molecular flexibility index (Phi) is 40.8. The molecule has 0 fully saturated rings. The third-order valence-corrected chi connectivity index (χ3v) is 8.08. The minimum absolute atomic E-state index is 0.325. The van der Waals surface area contributed by atoms with Crippen LogP contribution in [0.15, 0.2) is 24.3 Å². The molecule has 45 heavy (non-hydrogen) atoms. The highest BCUT2D eigenvalue weighted by Gasteiger charge is 2.11. The lowest BCUT2D eigenvalue weighted by Crippen LogP contribution is -2.25. The Morgan fingerprint density at radius 3 is 1.20 bits per heavy atom. The van der Waals surface area contributed by atoms with E-state index in [0.29, 0.717) is 6.42 Å². The van der Waals surface area contributed by atoms with Gasteiger partial charge in [-0.1, -0.05) is 160 Å². The normalized spacial score (nSPS) is 11.4. The smallest absolute Gasteiger partial charge is 0.327 e.